The lowest BCUT2D eigenvalue weighted by Crippen LogP contribution is -2.30. The summed E-state index contributed by atoms with van der Waals surface area (Å²) in [7, 11) is -1.98. The molecule has 0 aliphatic carbocycles. The molecule has 36 heavy (non-hydrogen) atoms. The van der Waals surface area contributed by atoms with Crippen LogP contribution in [-0.4, -0.2) is 41.4 Å². The molecule has 0 amide bonds. The minimum Gasteiger partial charge on any atom is -0.494 e. The Bertz CT molecular complexity index is 1490. The van der Waals surface area contributed by atoms with Crippen LogP contribution in [0.2, 0.25) is 0 Å². The summed E-state index contributed by atoms with van der Waals surface area (Å²) in [5.41, 5.74) is 3.89. The second kappa shape index (κ2) is 9.59. The zero-order chi connectivity index (χ0) is 25.3. The molecule has 2 N–H and O–H groups in total. The van der Waals surface area contributed by atoms with Crippen LogP contribution in [0.4, 0.5) is 11.4 Å². The molecule has 1 aromatic carbocycles. The van der Waals surface area contributed by atoms with Gasteiger partial charge in [-0.3, -0.25) is 14.7 Å². The number of thiocarbonyl (C=S) groups is 1. The van der Waals surface area contributed by atoms with Crippen LogP contribution in [0.1, 0.15) is 23.5 Å². The highest BCUT2D eigenvalue weighted by atomic mass is 32.2. The molecule has 0 spiro atoms. The third-order valence-corrected chi connectivity index (χ3v) is 6.79. The standard InChI is InChI=1S/C25H24N6O3S2/c1-34-22-16-18(8-9-19(22)29-36(2,32)33)31-24(23(28-25(31)35)20-6-3-4-12-27-20)21-7-5-15-30(21)17-10-13-26-14-11-17/h3-16,23-24,29H,1-2H3,(H,28,35)/t23-,24-/m1/s1. The van der Waals surface area contributed by atoms with Gasteiger partial charge in [0.1, 0.15) is 11.8 Å². The number of sulfonamides is 1. The van der Waals surface area contributed by atoms with Crippen LogP contribution in [-0.2, 0) is 10.0 Å². The van der Waals surface area contributed by atoms with Crippen LogP contribution in [0, 0.1) is 0 Å². The second-order valence-electron chi connectivity index (χ2n) is 8.26. The molecule has 2 atom stereocenters. The van der Waals surface area contributed by atoms with Gasteiger partial charge in [0, 0.05) is 47.9 Å². The largest absolute Gasteiger partial charge is 0.494 e. The highest BCUT2D eigenvalue weighted by Gasteiger charge is 2.42. The number of nitrogens with one attached hydrogen (secondary N) is 2. The van der Waals surface area contributed by atoms with Gasteiger partial charge in [0.05, 0.1) is 30.8 Å². The molecule has 1 fully saturated rings. The molecule has 184 valence electrons. The maximum atomic E-state index is 11.8. The molecule has 1 aliphatic heterocycles. The first-order valence-electron chi connectivity index (χ1n) is 11.1. The summed E-state index contributed by atoms with van der Waals surface area (Å²) in [6, 6.07) is 18.5. The molecular formula is C25H24N6O3S2. The lowest BCUT2D eigenvalue weighted by atomic mass is 10.0. The average Bonchev–Trinajstić information content (AvgIpc) is 3.49. The van der Waals surface area contributed by atoms with Gasteiger partial charge < -0.3 is 19.5 Å². The quantitative estimate of drug-likeness (QED) is 0.355. The van der Waals surface area contributed by atoms with Crippen molar-refractivity contribution in [3.05, 3.63) is 96.8 Å². The van der Waals surface area contributed by atoms with E-state index in [1.54, 1.807) is 30.7 Å². The van der Waals surface area contributed by atoms with E-state index in [0.29, 0.717) is 16.5 Å². The van der Waals surface area contributed by atoms with Gasteiger partial charge in [-0.25, -0.2) is 8.42 Å². The van der Waals surface area contributed by atoms with Crippen molar-refractivity contribution in [1.29, 1.82) is 0 Å². The van der Waals surface area contributed by atoms with Crippen LogP contribution in [0.3, 0.4) is 0 Å². The SMILES string of the molecule is COc1cc(N2C(=S)N[C@H](c3ccccn3)[C@H]2c2cccn2-c2ccncc2)ccc1NS(C)(=O)=O. The van der Waals surface area contributed by atoms with E-state index in [0.717, 1.165) is 29.0 Å². The summed E-state index contributed by atoms with van der Waals surface area (Å²) in [5, 5.41) is 3.96. The van der Waals surface area contributed by atoms with Gasteiger partial charge in [-0.2, -0.15) is 0 Å². The van der Waals surface area contributed by atoms with E-state index in [1.807, 2.05) is 53.6 Å². The van der Waals surface area contributed by atoms with Crippen LogP contribution in [0.15, 0.2) is 85.5 Å². The Balaban J connectivity index is 1.64. The minimum atomic E-state index is -3.48. The molecule has 0 saturated carbocycles. The number of hydrogen-bond donors (Lipinski definition) is 2. The van der Waals surface area contributed by atoms with Crippen molar-refractivity contribution in [3.63, 3.8) is 0 Å². The number of rotatable bonds is 7. The molecule has 0 bridgehead atoms. The Morgan fingerprint density at radius 2 is 1.83 bits per heavy atom. The Labute approximate surface area is 214 Å². The van der Waals surface area contributed by atoms with E-state index in [1.165, 1.54) is 7.11 Å². The highest BCUT2D eigenvalue weighted by Crippen LogP contribution is 2.43. The Morgan fingerprint density at radius 3 is 2.53 bits per heavy atom. The summed E-state index contributed by atoms with van der Waals surface area (Å²) in [6.07, 6.45) is 8.36. The van der Waals surface area contributed by atoms with Crippen molar-refractivity contribution in [2.24, 2.45) is 0 Å². The van der Waals surface area contributed by atoms with Gasteiger partial charge >= 0.3 is 0 Å². The summed E-state index contributed by atoms with van der Waals surface area (Å²) in [6.45, 7) is 0. The Hall–Kier alpha value is -3.96. The molecule has 4 heterocycles. The molecule has 3 aromatic heterocycles. The number of benzene rings is 1. The fourth-order valence-electron chi connectivity index (χ4n) is 4.42. The number of methoxy groups -OCH3 is 1. The van der Waals surface area contributed by atoms with E-state index >= 15 is 0 Å². The van der Waals surface area contributed by atoms with Gasteiger partial charge in [0.25, 0.3) is 0 Å². The first-order chi connectivity index (χ1) is 17.4. The Morgan fingerprint density at radius 1 is 1.03 bits per heavy atom. The van der Waals surface area contributed by atoms with Crippen molar-refractivity contribution in [2.45, 2.75) is 12.1 Å². The second-order valence-corrected chi connectivity index (χ2v) is 10.4. The topological polar surface area (TPSA) is 101 Å². The third kappa shape index (κ3) is 4.62. The molecule has 5 rings (SSSR count). The number of nitrogens with zero attached hydrogens (tertiary/aromatic N) is 4. The summed E-state index contributed by atoms with van der Waals surface area (Å²) in [4.78, 5) is 10.8. The molecule has 0 unspecified atom stereocenters. The van der Waals surface area contributed by atoms with Crippen molar-refractivity contribution >= 4 is 38.7 Å². The minimum absolute atomic E-state index is 0.242. The lowest BCUT2D eigenvalue weighted by Gasteiger charge is -2.29. The number of anilines is 2. The van der Waals surface area contributed by atoms with Crippen LogP contribution < -0.4 is 19.7 Å². The summed E-state index contributed by atoms with van der Waals surface area (Å²) >= 11 is 5.83. The van der Waals surface area contributed by atoms with Crippen molar-refractivity contribution < 1.29 is 13.2 Å². The van der Waals surface area contributed by atoms with Crippen LogP contribution >= 0.6 is 12.2 Å². The predicted molar refractivity (Wildman–Crippen MR) is 143 cm³/mol. The first-order valence-corrected chi connectivity index (χ1v) is 13.4. The smallest absolute Gasteiger partial charge is 0.229 e. The number of ether oxygens (including phenoxy) is 1. The van der Waals surface area contributed by atoms with Crippen molar-refractivity contribution in [2.75, 3.05) is 23.0 Å². The molecule has 4 aromatic rings. The van der Waals surface area contributed by atoms with E-state index < -0.39 is 10.0 Å². The maximum absolute atomic E-state index is 11.8. The predicted octanol–water partition coefficient (Wildman–Crippen LogP) is 3.82. The number of pyridine rings is 2. The molecule has 11 heteroatoms. The number of hydrogen-bond acceptors (Lipinski definition) is 6. The average molecular weight is 521 g/mol. The van der Waals surface area contributed by atoms with E-state index in [-0.39, 0.29) is 12.1 Å². The normalized spacial score (nSPS) is 17.6. The fourth-order valence-corrected chi connectivity index (χ4v) is 5.34. The highest BCUT2D eigenvalue weighted by molar-refractivity contribution is 7.92. The number of aromatic nitrogens is 3. The maximum Gasteiger partial charge on any atom is 0.229 e. The molecule has 9 nitrogen and oxygen atoms in total. The van der Waals surface area contributed by atoms with Gasteiger partial charge in [0.15, 0.2) is 5.11 Å². The van der Waals surface area contributed by atoms with Crippen LogP contribution in [0.25, 0.3) is 5.69 Å². The van der Waals surface area contributed by atoms with Gasteiger partial charge in [-0.15, -0.1) is 0 Å². The zero-order valence-electron chi connectivity index (χ0n) is 19.6. The third-order valence-electron chi connectivity index (χ3n) is 5.88. The Kier molecular flexibility index (Phi) is 6.33. The summed E-state index contributed by atoms with van der Waals surface area (Å²) < 4.78 is 33.7. The van der Waals surface area contributed by atoms with E-state index in [4.69, 9.17) is 17.0 Å². The molecular weight excluding hydrogens is 496 g/mol. The zero-order valence-corrected chi connectivity index (χ0v) is 21.2. The first kappa shape index (κ1) is 23.8. The van der Waals surface area contributed by atoms with Crippen molar-refractivity contribution in [1.82, 2.24) is 19.9 Å². The molecule has 0 radical (unpaired) electrons. The van der Waals surface area contributed by atoms with E-state index in [2.05, 4.69) is 30.6 Å². The van der Waals surface area contributed by atoms with Crippen LogP contribution in [0.5, 0.6) is 5.75 Å². The fraction of sp³-hybridized carbons (Fsp3) is 0.160. The van der Waals surface area contributed by atoms with Gasteiger partial charge in [-0.05, 0) is 60.7 Å². The van der Waals surface area contributed by atoms with Gasteiger partial charge in [0.2, 0.25) is 10.0 Å². The van der Waals surface area contributed by atoms with Gasteiger partial charge in [-0.1, -0.05) is 6.07 Å². The monoisotopic (exact) mass is 520 g/mol. The van der Waals surface area contributed by atoms with Crippen molar-refractivity contribution in [3.8, 4) is 11.4 Å². The summed E-state index contributed by atoms with van der Waals surface area (Å²) in [5.74, 6) is 0.380. The van der Waals surface area contributed by atoms with E-state index in [9.17, 15) is 8.42 Å². The lowest BCUT2D eigenvalue weighted by molar-refractivity contribution is 0.417. The molecule has 1 saturated heterocycles. The molecule has 1 aliphatic rings.